The van der Waals surface area contributed by atoms with Crippen molar-refractivity contribution >= 4 is 17.2 Å². The van der Waals surface area contributed by atoms with E-state index in [4.69, 9.17) is 0 Å². The van der Waals surface area contributed by atoms with E-state index in [9.17, 15) is 9.59 Å². The first-order valence-electron chi connectivity index (χ1n) is 9.95. The fraction of sp³-hybridized carbons (Fsp3) is 0.429. The Balaban J connectivity index is 1.46. The molecule has 0 unspecified atom stereocenters. The summed E-state index contributed by atoms with van der Waals surface area (Å²) in [7, 11) is 0. The predicted octanol–water partition coefficient (Wildman–Crippen LogP) is 3.11. The molecule has 0 spiro atoms. The Morgan fingerprint density at radius 1 is 1.31 bits per heavy atom. The van der Waals surface area contributed by atoms with Gasteiger partial charge in [0.2, 0.25) is 5.91 Å². The summed E-state index contributed by atoms with van der Waals surface area (Å²) in [4.78, 5) is 28.2. The molecule has 1 fully saturated rings. The maximum absolute atomic E-state index is 12.8. The number of hydrogen-bond acceptors (Lipinski definition) is 5. The van der Waals surface area contributed by atoms with Crippen molar-refractivity contribution in [3.63, 3.8) is 0 Å². The molecule has 29 heavy (non-hydrogen) atoms. The van der Waals surface area contributed by atoms with Crippen LogP contribution in [0.15, 0.2) is 34.4 Å². The zero-order valence-corrected chi connectivity index (χ0v) is 17.5. The number of aryl methyl sites for hydroxylation is 2. The lowest BCUT2D eigenvalue weighted by molar-refractivity contribution is -0.132. The molecular formula is C21H25N5O2S. The Morgan fingerprint density at radius 2 is 2.17 bits per heavy atom. The summed E-state index contributed by atoms with van der Waals surface area (Å²) in [5, 5.41) is 13.8. The standard InChI is InChI=1S/C21H25N5O2S/c1-14-17(15(2)23-22-14)7-9-20(27)25-11-3-5-16(13-25)26-21(28)10-8-18(24-26)19-6-4-12-29-19/h4,6,8,10,12,16H,3,5,7,9,11,13H2,1-2H3,(H,22,23)/t16-/m1/s1. The van der Waals surface area contributed by atoms with Crippen LogP contribution in [-0.2, 0) is 11.2 Å². The van der Waals surface area contributed by atoms with Crippen LogP contribution in [0, 0.1) is 13.8 Å². The van der Waals surface area contributed by atoms with E-state index in [-0.39, 0.29) is 17.5 Å². The summed E-state index contributed by atoms with van der Waals surface area (Å²) >= 11 is 1.60. The van der Waals surface area contributed by atoms with E-state index < -0.39 is 0 Å². The number of hydrogen-bond donors (Lipinski definition) is 1. The van der Waals surface area contributed by atoms with Crippen LogP contribution < -0.4 is 5.56 Å². The highest BCUT2D eigenvalue weighted by Crippen LogP contribution is 2.24. The SMILES string of the molecule is Cc1n[nH]c(C)c1CCC(=O)N1CCC[C@@H](n2nc(-c3cccs3)ccc2=O)C1. The minimum Gasteiger partial charge on any atom is -0.341 e. The van der Waals surface area contributed by atoms with Gasteiger partial charge in [0.1, 0.15) is 5.69 Å². The highest BCUT2D eigenvalue weighted by Gasteiger charge is 2.26. The predicted molar refractivity (Wildman–Crippen MR) is 113 cm³/mol. The van der Waals surface area contributed by atoms with Crippen molar-refractivity contribution < 1.29 is 4.79 Å². The van der Waals surface area contributed by atoms with Gasteiger partial charge in [-0.2, -0.15) is 10.2 Å². The largest absolute Gasteiger partial charge is 0.341 e. The number of thiophene rings is 1. The van der Waals surface area contributed by atoms with Gasteiger partial charge in [-0.15, -0.1) is 11.3 Å². The van der Waals surface area contributed by atoms with Gasteiger partial charge in [0, 0.05) is 31.3 Å². The summed E-state index contributed by atoms with van der Waals surface area (Å²) in [6, 6.07) is 7.23. The first kappa shape index (κ1) is 19.6. The van der Waals surface area contributed by atoms with Crippen molar-refractivity contribution in [2.75, 3.05) is 13.1 Å². The van der Waals surface area contributed by atoms with Crippen LogP contribution in [0.1, 0.15) is 42.3 Å². The van der Waals surface area contributed by atoms with Gasteiger partial charge in [-0.05, 0) is 56.2 Å². The fourth-order valence-corrected chi connectivity index (χ4v) is 4.65. The Hall–Kier alpha value is -2.74. The molecule has 1 amide bonds. The number of likely N-dealkylation sites (tertiary alicyclic amines) is 1. The third kappa shape index (κ3) is 4.17. The first-order chi connectivity index (χ1) is 14.0. The topological polar surface area (TPSA) is 83.9 Å². The summed E-state index contributed by atoms with van der Waals surface area (Å²) in [6.07, 6.45) is 2.85. The van der Waals surface area contributed by atoms with Crippen LogP contribution in [0.2, 0.25) is 0 Å². The molecule has 1 aliphatic rings. The molecule has 3 aromatic heterocycles. The second-order valence-corrected chi connectivity index (χ2v) is 8.47. The van der Waals surface area contributed by atoms with Gasteiger partial charge in [0.25, 0.3) is 5.56 Å². The number of amides is 1. The average molecular weight is 412 g/mol. The van der Waals surface area contributed by atoms with E-state index in [1.54, 1.807) is 28.2 Å². The van der Waals surface area contributed by atoms with Gasteiger partial charge in [-0.3, -0.25) is 14.7 Å². The molecule has 1 saturated heterocycles. The lowest BCUT2D eigenvalue weighted by Gasteiger charge is -2.33. The maximum Gasteiger partial charge on any atom is 0.267 e. The summed E-state index contributed by atoms with van der Waals surface area (Å²) in [6.45, 7) is 5.20. The van der Waals surface area contributed by atoms with Crippen LogP contribution in [0.3, 0.4) is 0 Å². The highest BCUT2D eigenvalue weighted by molar-refractivity contribution is 7.13. The van der Waals surface area contributed by atoms with Gasteiger partial charge in [-0.25, -0.2) is 4.68 Å². The van der Waals surface area contributed by atoms with Gasteiger partial charge < -0.3 is 4.90 Å². The monoisotopic (exact) mass is 411 g/mol. The van der Waals surface area contributed by atoms with Crippen LogP contribution in [0.4, 0.5) is 0 Å². The summed E-state index contributed by atoms with van der Waals surface area (Å²) in [5.74, 6) is 0.122. The van der Waals surface area contributed by atoms with Crippen molar-refractivity contribution in [2.24, 2.45) is 0 Å². The van der Waals surface area contributed by atoms with E-state index in [0.717, 1.165) is 46.9 Å². The minimum atomic E-state index is -0.116. The first-order valence-corrected chi connectivity index (χ1v) is 10.8. The number of nitrogens with zero attached hydrogens (tertiary/aromatic N) is 4. The molecule has 0 bridgehead atoms. The van der Waals surface area contributed by atoms with E-state index >= 15 is 0 Å². The third-order valence-corrected chi connectivity index (χ3v) is 6.46. The number of aromatic amines is 1. The second-order valence-electron chi connectivity index (χ2n) is 7.53. The molecule has 7 nitrogen and oxygen atoms in total. The molecule has 0 aromatic carbocycles. The van der Waals surface area contributed by atoms with Gasteiger partial charge in [0.15, 0.2) is 0 Å². The molecule has 4 heterocycles. The van der Waals surface area contributed by atoms with Gasteiger partial charge in [0.05, 0.1) is 16.6 Å². The third-order valence-electron chi connectivity index (χ3n) is 5.56. The smallest absolute Gasteiger partial charge is 0.267 e. The second kappa shape index (κ2) is 8.32. The van der Waals surface area contributed by atoms with Crippen molar-refractivity contribution in [1.29, 1.82) is 0 Å². The molecule has 1 atom stereocenters. The number of carbonyl (C=O) groups is 1. The highest BCUT2D eigenvalue weighted by atomic mass is 32.1. The fourth-order valence-electron chi connectivity index (χ4n) is 3.96. The normalized spacial score (nSPS) is 16.9. The average Bonchev–Trinajstić information content (AvgIpc) is 3.37. The van der Waals surface area contributed by atoms with Crippen LogP contribution >= 0.6 is 11.3 Å². The summed E-state index contributed by atoms with van der Waals surface area (Å²) in [5.41, 5.74) is 3.78. The molecule has 4 rings (SSSR count). The molecule has 0 radical (unpaired) electrons. The van der Waals surface area contributed by atoms with Crippen molar-refractivity contribution in [3.05, 3.63) is 57.0 Å². The van der Waals surface area contributed by atoms with E-state index in [1.807, 2.05) is 36.3 Å². The molecule has 1 aliphatic heterocycles. The van der Waals surface area contributed by atoms with Crippen molar-refractivity contribution in [3.8, 4) is 10.6 Å². The Bertz CT molecular complexity index is 1030. The lowest BCUT2D eigenvalue weighted by atomic mass is 10.0. The number of piperidine rings is 1. The minimum absolute atomic E-state index is 0.0856. The lowest BCUT2D eigenvalue weighted by Crippen LogP contribution is -2.43. The Morgan fingerprint density at radius 3 is 2.90 bits per heavy atom. The summed E-state index contributed by atoms with van der Waals surface area (Å²) < 4.78 is 1.57. The van der Waals surface area contributed by atoms with Gasteiger partial charge in [-0.1, -0.05) is 6.07 Å². The number of carbonyl (C=O) groups excluding carboxylic acids is 1. The Labute approximate surface area is 173 Å². The molecule has 152 valence electrons. The maximum atomic E-state index is 12.8. The Kier molecular flexibility index (Phi) is 5.62. The van der Waals surface area contributed by atoms with E-state index in [2.05, 4.69) is 15.3 Å². The molecule has 0 aliphatic carbocycles. The van der Waals surface area contributed by atoms with Crippen LogP contribution in [0.5, 0.6) is 0 Å². The van der Waals surface area contributed by atoms with Gasteiger partial charge >= 0.3 is 0 Å². The van der Waals surface area contributed by atoms with Crippen molar-refractivity contribution in [2.45, 2.75) is 45.6 Å². The number of nitrogens with one attached hydrogen (secondary N) is 1. The zero-order valence-electron chi connectivity index (χ0n) is 16.7. The molecule has 1 N–H and O–H groups in total. The quantitative estimate of drug-likeness (QED) is 0.699. The molecule has 0 saturated carbocycles. The van der Waals surface area contributed by atoms with Crippen LogP contribution in [-0.4, -0.2) is 43.9 Å². The number of aromatic nitrogens is 4. The van der Waals surface area contributed by atoms with E-state index in [1.165, 1.54) is 0 Å². The number of rotatable bonds is 5. The van der Waals surface area contributed by atoms with E-state index in [0.29, 0.717) is 19.4 Å². The number of H-pyrrole nitrogens is 1. The molecule has 8 heteroatoms. The van der Waals surface area contributed by atoms with Crippen molar-refractivity contribution in [1.82, 2.24) is 24.9 Å². The molecular weight excluding hydrogens is 386 g/mol. The molecule has 3 aromatic rings. The van der Waals surface area contributed by atoms with Crippen LogP contribution in [0.25, 0.3) is 10.6 Å². The zero-order chi connectivity index (χ0) is 20.4.